The Hall–Kier alpha value is -3.98. The lowest BCUT2D eigenvalue weighted by Gasteiger charge is -2.30. The van der Waals surface area contributed by atoms with E-state index in [-0.39, 0.29) is 5.56 Å². The third-order valence-corrected chi connectivity index (χ3v) is 5.76. The normalized spacial score (nSPS) is 13.8. The van der Waals surface area contributed by atoms with Gasteiger partial charge in [0.25, 0.3) is 5.56 Å². The van der Waals surface area contributed by atoms with Crippen LogP contribution in [-0.2, 0) is 4.74 Å². The second-order valence-electron chi connectivity index (χ2n) is 8.04. The lowest BCUT2D eigenvalue weighted by atomic mass is 10.1. The van der Waals surface area contributed by atoms with E-state index in [1.54, 1.807) is 18.6 Å². The molecular weight excluding hydrogens is 432 g/mol. The highest BCUT2D eigenvalue weighted by molar-refractivity contribution is 5.95. The molecule has 4 heterocycles. The van der Waals surface area contributed by atoms with Crippen LogP contribution >= 0.6 is 0 Å². The predicted molar refractivity (Wildman–Crippen MR) is 132 cm³/mol. The molecule has 0 bridgehead atoms. The highest BCUT2D eigenvalue weighted by Gasteiger charge is 2.15. The summed E-state index contributed by atoms with van der Waals surface area (Å²) >= 11 is 0. The number of fused-ring (bicyclic) bond motifs is 1. The minimum Gasteiger partial charge on any atom is -0.464 e. The van der Waals surface area contributed by atoms with Gasteiger partial charge in [-0.15, -0.1) is 0 Å². The van der Waals surface area contributed by atoms with Crippen molar-refractivity contribution in [2.45, 2.75) is 13.8 Å². The van der Waals surface area contributed by atoms with E-state index in [2.05, 4.69) is 44.2 Å². The maximum atomic E-state index is 12.7. The van der Waals surface area contributed by atoms with Crippen molar-refractivity contribution in [3.63, 3.8) is 0 Å². The summed E-state index contributed by atoms with van der Waals surface area (Å²) < 4.78 is 10.8. The van der Waals surface area contributed by atoms with Crippen LogP contribution in [0.3, 0.4) is 0 Å². The molecule has 2 N–H and O–H groups in total. The molecule has 9 heteroatoms. The van der Waals surface area contributed by atoms with Crippen LogP contribution in [-0.4, -0.2) is 52.8 Å². The molecule has 1 aliphatic heterocycles. The minimum absolute atomic E-state index is 0.205. The van der Waals surface area contributed by atoms with E-state index in [4.69, 9.17) is 14.5 Å². The molecule has 0 radical (unpaired) electrons. The summed E-state index contributed by atoms with van der Waals surface area (Å²) in [5, 5.41) is 4.62. The Kier molecular flexibility index (Phi) is 6.09. The van der Waals surface area contributed by atoms with Crippen LogP contribution in [0.5, 0.6) is 6.01 Å². The Labute approximate surface area is 196 Å². The Morgan fingerprint density at radius 3 is 2.68 bits per heavy atom. The zero-order valence-corrected chi connectivity index (χ0v) is 19.2. The van der Waals surface area contributed by atoms with Crippen molar-refractivity contribution < 1.29 is 9.47 Å². The standard InChI is InChI=1S/C25H26N6O3/c1-3-34-25-27-14-18(15-28-25)20-13-17-6-7-26-24(32)22(17)23(30-20)29-19-4-5-21(16(2)12-19)31-8-10-33-11-9-31/h4-7,12-15H,3,8-11H2,1-2H3,(H,26,32)(H,29,30). The van der Waals surface area contributed by atoms with Crippen LogP contribution in [0.4, 0.5) is 17.2 Å². The molecule has 0 spiro atoms. The average molecular weight is 459 g/mol. The van der Waals surface area contributed by atoms with E-state index < -0.39 is 0 Å². The first-order valence-corrected chi connectivity index (χ1v) is 11.3. The number of H-pyrrole nitrogens is 1. The van der Waals surface area contributed by atoms with Gasteiger partial charge in [-0.1, -0.05) is 0 Å². The lowest BCUT2D eigenvalue weighted by molar-refractivity contribution is 0.122. The molecule has 0 unspecified atom stereocenters. The fourth-order valence-electron chi connectivity index (χ4n) is 4.13. The monoisotopic (exact) mass is 458 g/mol. The summed E-state index contributed by atoms with van der Waals surface area (Å²) in [6.45, 7) is 7.69. The molecule has 4 aromatic rings. The molecule has 1 aliphatic rings. The van der Waals surface area contributed by atoms with Gasteiger partial charge >= 0.3 is 6.01 Å². The second-order valence-corrected chi connectivity index (χ2v) is 8.04. The van der Waals surface area contributed by atoms with Gasteiger partial charge in [-0.05, 0) is 55.1 Å². The highest BCUT2D eigenvalue weighted by Crippen LogP contribution is 2.30. The molecule has 1 aromatic carbocycles. The largest absolute Gasteiger partial charge is 0.464 e. The number of benzene rings is 1. The maximum absolute atomic E-state index is 12.7. The maximum Gasteiger partial charge on any atom is 0.316 e. The number of nitrogens with one attached hydrogen (secondary N) is 2. The number of aromatic amines is 1. The quantitative estimate of drug-likeness (QED) is 0.451. The van der Waals surface area contributed by atoms with Gasteiger partial charge in [0.1, 0.15) is 5.82 Å². The number of anilines is 3. The van der Waals surface area contributed by atoms with E-state index in [9.17, 15) is 4.79 Å². The van der Waals surface area contributed by atoms with Gasteiger partial charge < -0.3 is 24.7 Å². The highest BCUT2D eigenvalue weighted by atomic mass is 16.5. The summed E-state index contributed by atoms with van der Waals surface area (Å²) in [6.07, 6.45) is 4.98. The minimum atomic E-state index is -0.205. The number of pyridine rings is 2. The zero-order valence-electron chi connectivity index (χ0n) is 19.2. The van der Waals surface area contributed by atoms with Crippen molar-refractivity contribution in [1.82, 2.24) is 19.9 Å². The van der Waals surface area contributed by atoms with E-state index in [1.807, 2.05) is 25.1 Å². The molecule has 5 rings (SSSR count). The van der Waals surface area contributed by atoms with Gasteiger partial charge in [0, 0.05) is 48.6 Å². The SMILES string of the molecule is CCOc1ncc(-c2cc3cc[nH]c(=O)c3c(Nc3ccc(N4CCOCC4)c(C)c3)n2)cn1. The Morgan fingerprint density at radius 1 is 1.15 bits per heavy atom. The Balaban J connectivity index is 1.52. The summed E-state index contributed by atoms with van der Waals surface area (Å²) in [4.78, 5) is 31.0. The summed E-state index contributed by atoms with van der Waals surface area (Å²) in [7, 11) is 0. The Bertz CT molecular complexity index is 1360. The zero-order chi connectivity index (χ0) is 23.5. The molecule has 1 fully saturated rings. The average Bonchev–Trinajstić information content (AvgIpc) is 2.85. The molecule has 174 valence electrons. The number of rotatable bonds is 6. The molecule has 0 saturated carbocycles. The van der Waals surface area contributed by atoms with Crippen molar-refractivity contribution in [2.75, 3.05) is 43.1 Å². The molecule has 34 heavy (non-hydrogen) atoms. The van der Waals surface area contributed by atoms with Crippen molar-refractivity contribution >= 4 is 28.0 Å². The predicted octanol–water partition coefficient (Wildman–Crippen LogP) is 3.67. The van der Waals surface area contributed by atoms with E-state index in [0.29, 0.717) is 29.5 Å². The number of hydrogen-bond donors (Lipinski definition) is 2. The van der Waals surface area contributed by atoms with Crippen molar-refractivity contribution in [3.8, 4) is 17.3 Å². The molecule has 9 nitrogen and oxygen atoms in total. The van der Waals surface area contributed by atoms with Gasteiger partial charge in [-0.25, -0.2) is 15.0 Å². The van der Waals surface area contributed by atoms with Crippen LogP contribution in [0.1, 0.15) is 12.5 Å². The van der Waals surface area contributed by atoms with Crippen LogP contribution in [0, 0.1) is 6.92 Å². The summed E-state index contributed by atoms with van der Waals surface area (Å²) in [5.74, 6) is 0.474. The van der Waals surface area contributed by atoms with E-state index >= 15 is 0 Å². The fraction of sp³-hybridized carbons (Fsp3) is 0.280. The molecule has 0 amide bonds. The number of aryl methyl sites for hydroxylation is 1. The number of nitrogens with zero attached hydrogens (tertiary/aromatic N) is 4. The smallest absolute Gasteiger partial charge is 0.316 e. The van der Waals surface area contributed by atoms with Gasteiger partial charge in [0.05, 0.1) is 30.9 Å². The number of ether oxygens (including phenoxy) is 2. The summed E-state index contributed by atoms with van der Waals surface area (Å²) in [6, 6.07) is 10.2. The van der Waals surface area contributed by atoms with E-state index in [0.717, 1.165) is 48.5 Å². The topological polar surface area (TPSA) is 105 Å². The lowest BCUT2D eigenvalue weighted by Crippen LogP contribution is -2.36. The molecule has 1 saturated heterocycles. The van der Waals surface area contributed by atoms with Gasteiger partial charge in [0.2, 0.25) is 0 Å². The molecule has 0 atom stereocenters. The van der Waals surface area contributed by atoms with Crippen LogP contribution in [0.15, 0.2) is 53.7 Å². The number of morpholine rings is 1. The first kappa shape index (κ1) is 21.8. The third kappa shape index (κ3) is 4.42. The van der Waals surface area contributed by atoms with Crippen LogP contribution in [0.2, 0.25) is 0 Å². The van der Waals surface area contributed by atoms with Crippen LogP contribution < -0.4 is 20.5 Å². The first-order chi connectivity index (χ1) is 16.6. The van der Waals surface area contributed by atoms with Crippen molar-refractivity contribution in [2.24, 2.45) is 0 Å². The van der Waals surface area contributed by atoms with Gasteiger partial charge in [-0.2, -0.15) is 0 Å². The first-order valence-electron chi connectivity index (χ1n) is 11.3. The number of hydrogen-bond acceptors (Lipinski definition) is 8. The molecule has 3 aromatic heterocycles. The number of aromatic nitrogens is 4. The fourth-order valence-corrected chi connectivity index (χ4v) is 4.13. The van der Waals surface area contributed by atoms with Crippen molar-refractivity contribution in [1.29, 1.82) is 0 Å². The summed E-state index contributed by atoms with van der Waals surface area (Å²) in [5.41, 5.74) is 4.36. The molecular formula is C25H26N6O3. The van der Waals surface area contributed by atoms with Crippen molar-refractivity contribution in [3.05, 3.63) is 64.8 Å². The molecule has 0 aliphatic carbocycles. The van der Waals surface area contributed by atoms with E-state index in [1.165, 1.54) is 5.69 Å². The van der Waals surface area contributed by atoms with Gasteiger partial charge in [-0.3, -0.25) is 4.79 Å². The third-order valence-electron chi connectivity index (χ3n) is 5.76. The van der Waals surface area contributed by atoms with Crippen LogP contribution in [0.25, 0.3) is 22.0 Å². The Morgan fingerprint density at radius 2 is 1.94 bits per heavy atom. The second kappa shape index (κ2) is 9.48. The van der Waals surface area contributed by atoms with Gasteiger partial charge in [0.15, 0.2) is 0 Å².